The summed E-state index contributed by atoms with van der Waals surface area (Å²) in [6.45, 7) is 3.07. The van der Waals surface area contributed by atoms with Crippen LogP contribution in [0.1, 0.15) is 51.6 Å². The van der Waals surface area contributed by atoms with Gasteiger partial charge < -0.3 is 9.88 Å². The molecule has 144 valence electrons. The van der Waals surface area contributed by atoms with Gasteiger partial charge in [-0.05, 0) is 43.0 Å². The summed E-state index contributed by atoms with van der Waals surface area (Å²) in [6, 6.07) is 13.7. The number of pyridine rings is 1. The number of H-pyrrole nitrogens is 2. The number of nitrogens with zero attached hydrogens (tertiary/aromatic N) is 2. The van der Waals surface area contributed by atoms with E-state index in [9.17, 15) is 9.59 Å². The van der Waals surface area contributed by atoms with Gasteiger partial charge in [0.2, 0.25) is 0 Å². The Bertz CT molecular complexity index is 1020. The first-order chi connectivity index (χ1) is 13.6. The molecule has 2 N–H and O–H groups in total. The highest BCUT2D eigenvalue weighted by Crippen LogP contribution is 2.29. The van der Waals surface area contributed by atoms with Crippen molar-refractivity contribution in [3.63, 3.8) is 0 Å². The lowest BCUT2D eigenvalue weighted by molar-refractivity contribution is 0.0703. The van der Waals surface area contributed by atoms with Crippen molar-refractivity contribution in [2.75, 3.05) is 13.1 Å². The number of aromatic nitrogens is 3. The monoisotopic (exact) mass is 376 g/mol. The Balaban J connectivity index is 1.52. The van der Waals surface area contributed by atoms with Crippen LogP contribution in [0.15, 0.2) is 53.5 Å². The highest BCUT2D eigenvalue weighted by atomic mass is 16.2. The van der Waals surface area contributed by atoms with Crippen molar-refractivity contribution in [2.24, 2.45) is 0 Å². The average Bonchev–Trinajstić information content (AvgIpc) is 3.16. The van der Waals surface area contributed by atoms with Crippen molar-refractivity contribution >= 4 is 5.91 Å². The van der Waals surface area contributed by atoms with Crippen molar-refractivity contribution in [1.82, 2.24) is 20.1 Å². The predicted octanol–water partition coefficient (Wildman–Crippen LogP) is 3.02. The molecule has 1 unspecified atom stereocenters. The first-order valence-corrected chi connectivity index (χ1v) is 9.67. The van der Waals surface area contributed by atoms with E-state index in [4.69, 9.17) is 0 Å². The number of hydrogen-bond acceptors (Lipinski definition) is 3. The molecule has 0 spiro atoms. The van der Waals surface area contributed by atoms with Gasteiger partial charge in [-0.2, -0.15) is 5.10 Å². The first-order valence-electron chi connectivity index (χ1n) is 9.67. The molecule has 2 aromatic heterocycles. The van der Waals surface area contributed by atoms with Crippen LogP contribution in [0.3, 0.4) is 0 Å². The Morgan fingerprint density at radius 3 is 2.82 bits per heavy atom. The smallest absolute Gasteiger partial charge is 0.260 e. The van der Waals surface area contributed by atoms with E-state index in [0.717, 1.165) is 30.7 Å². The largest absolute Gasteiger partial charge is 0.338 e. The second kappa shape index (κ2) is 7.84. The van der Waals surface area contributed by atoms with Crippen molar-refractivity contribution in [3.05, 3.63) is 87.1 Å². The molecule has 1 amide bonds. The number of carbonyl (C=O) groups excluding carboxylic acids is 1. The average molecular weight is 376 g/mol. The minimum Gasteiger partial charge on any atom is -0.338 e. The first kappa shape index (κ1) is 18.2. The molecule has 0 bridgehead atoms. The maximum absolute atomic E-state index is 12.9. The zero-order chi connectivity index (χ0) is 19.5. The number of nitrogens with one attached hydrogen (secondary N) is 2. The summed E-state index contributed by atoms with van der Waals surface area (Å²) < 4.78 is 0. The second-order valence-corrected chi connectivity index (χ2v) is 7.45. The molecule has 1 aliphatic heterocycles. The fourth-order valence-electron chi connectivity index (χ4n) is 3.94. The van der Waals surface area contributed by atoms with Crippen LogP contribution in [-0.2, 0) is 6.42 Å². The number of rotatable bonds is 4. The maximum Gasteiger partial charge on any atom is 0.260 e. The number of aryl methyl sites for hydroxylation is 1. The molecule has 0 saturated carbocycles. The van der Waals surface area contributed by atoms with Gasteiger partial charge >= 0.3 is 0 Å². The minimum atomic E-state index is -0.321. The zero-order valence-electron chi connectivity index (χ0n) is 15.9. The summed E-state index contributed by atoms with van der Waals surface area (Å²) >= 11 is 0. The molecule has 0 aliphatic carbocycles. The Labute approximate surface area is 163 Å². The highest BCUT2D eigenvalue weighted by molar-refractivity contribution is 5.94. The highest BCUT2D eigenvalue weighted by Gasteiger charge is 2.28. The second-order valence-electron chi connectivity index (χ2n) is 7.45. The Kier molecular flexibility index (Phi) is 5.10. The van der Waals surface area contributed by atoms with Crippen LogP contribution in [0.25, 0.3) is 0 Å². The van der Waals surface area contributed by atoms with E-state index >= 15 is 0 Å². The lowest BCUT2D eigenvalue weighted by Gasteiger charge is -2.32. The van der Waals surface area contributed by atoms with Gasteiger partial charge in [-0.15, -0.1) is 0 Å². The van der Waals surface area contributed by atoms with Crippen molar-refractivity contribution in [3.8, 4) is 0 Å². The van der Waals surface area contributed by atoms with Gasteiger partial charge in [-0.25, -0.2) is 0 Å². The molecule has 1 saturated heterocycles. The molecule has 6 heteroatoms. The molecule has 1 fully saturated rings. The van der Waals surface area contributed by atoms with Gasteiger partial charge in [0.25, 0.3) is 11.5 Å². The van der Waals surface area contributed by atoms with E-state index in [1.54, 1.807) is 24.0 Å². The van der Waals surface area contributed by atoms with Gasteiger partial charge in [0, 0.05) is 36.8 Å². The van der Waals surface area contributed by atoms with Gasteiger partial charge in [-0.3, -0.25) is 14.7 Å². The maximum atomic E-state index is 12.9. The quantitative estimate of drug-likeness (QED) is 0.734. The molecule has 28 heavy (non-hydrogen) atoms. The number of piperidine rings is 1. The van der Waals surface area contributed by atoms with Gasteiger partial charge in [0.05, 0.1) is 6.20 Å². The molecular formula is C22H24N4O2. The van der Waals surface area contributed by atoms with Crippen LogP contribution in [0.2, 0.25) is 0 Å². The molecule has 3 heterocycles. The van der Waals surface area contributed by atoms with E-state index in [1.165, 1.54) is 11.1 Å². The summed E-state index contributed by atoms with van der Waals surface area (Å²) in [6.07, 6.45) is 4.60. The van der Waals surface area contributed by atoms with E-state index < -0.39 is 0 Å². The standard InChI is InChI=1S/C22H24N4O2/c1-15-9-10-19(21(27)24-15)22(28)26-11-5-8-17(14-26)20-18(13-23-25-20)12-16-6-3-2-4-7-16/h2-4,6-7,9-10,13,17H,5,8,11-12,14H2,1H3,(H,23,25)(H,24,27). The lowest BCUT2D eigenvalue weighted by atomic mass is 9.90. The number of amides is 1. The summed E-state index contributed by atoms with van der Waals surface area (Å²) in [5.74, 6) is -0.00137. The normalized spacial score (nSPS) is 16.9. The van der Waals surface area contributed by atoms with Gasteiger partial charge in [0.1, 0.15) is 5.56 Å². The third-order valence-corrected chi connectivity index (χ3v) is 5.39. The van der Waals surface area contributed by atoms with E-state index in [1.807, 2.05) is 24.4 Å². The third kappa shape index (κ3) is 3.76. The fourth-order valence-corrected chi connectivity index (χ4v) is 3.94. The topological polar surface area (TPSA) is 81.8 Å². The van der Waals surface area contributed by atoms with Crippen LogP contribution in [0, 0.1) is 6.92 Å². The molecule has 4 rings (SSSR count). The molecule has 0 radical (unpaired) electrons. The lowest BCUT2D eigenvalue weighted by Crippen LogP contribution is -2.41. The molecule has 3 aromatic rings. The number of carbonyl (C=O) groups is 1. The molecule has 6 nitrogen and oxygen atoms in total. The fraction of sp³-hybridized carbons (Fsp3) is 0.318. The molecule has 1 aliphatic rings. The number of likely N-dealkylation sites (tertiary alicyclic amines) is 1. The Hall–Kier alpha value is -3.15. The Morgan fingerprint density at radius 1 is 1.21 bits per heavy atom. The van der Waals surface area contributed by atoms with Crippen LogP contribution < -0.4 is 5.56 Å². The number of hydrogen-bond donors (Lipinski definition) is 2. The van der Waals surface area contributed by atoms with Crippen molar-refractivity contribution < 1.29 is 4.79 Å². The van der Waals surface area contributed by atoms with Crippen LogP contribution in [-0.4, -0.2) is 39.1 Å². The summed E-state index contributed by atoms with van der Waals surface area (Å²) in [5.41, 5.74) is 4.14. The summed E-state index contributed by atoms with van der Waals surface area (Å²) in [7, 11) is 0. The predicted molar refractivity (Wildman–Crippen MR) is 108 cm³/mol. The van der Waals surface area contributed by atoms with Crippen LogP contribution in [0.4, 0.5) is 0 Å². The van der Waals surface area contributed by atoms with Crippen molar-refractivity contribution in [1.29, 1.82) is 0 Å². The minimum absolute atomic E-state index is 0.198. The summed E-state index contributed by atoms with van der Waals surface area (Å²) in [5, 5.41) is 7.42. The van der Waals surface area contributed by atoms with E-state index in [2.05, 4.69) is 27.3 Å². The van der Waals surface area contributed by atoms with Crippen LogP contribution in [0.5, 0.6) is 0 Å². The SMILES string of the molecule is Cc1ccc(C(=O)N2CCCC(c3[nH]ncc3Cc3ccccc3)C2)c(=O)[nH]1. The van der Waals surface area contributed by atoms with E-state index in [-0.39, 0.29) is 22.9 Å². The van der Waals surface area contributed by atoms with Crippen LogP contribution >= 0.6 is 0 Å². The number of aromatic amines is 2. The number of benzene rings is 1. The third-order valence-electron chi connectivity index (χ3n) is 5.39. The molecule has 1 aromatic carbocycles. The molecule has 1 atom stereocenters. The van der Waals surface area contributed by atoms with E-state index in [0.29, 0.717) is 13.1 Å². The zero-order valence-corrected chi connectivity index (χ0v) is 15.9. The van der Waals surface area contributed by atoms with Gasteiger partial charge in [0.15, 0.2) is 0 Å². The van der Waals surface area contributed by atoms with Gasteiger partial charge in [-0.1, -0.05) is 30.3 Å². The molecular weight excluding hydrogens is 352 g/mol. The Morgan fingerprint density at radius 2 is 2.04 bits per heavy atom. The summed E-state index contributed by atoms with van der Waals surface area (Å²) in [4.78, 5) is 29.6. The van der Waals surface area contributed by atoms with Crippen molar-refractivity contribution in [2.45, 2.75) is 32.1 Å².